The first kappa shape index (κ1) is 15.5. The lowest BCUT2D eigenvalue weighted by Crippen LogP contribution is -2.06. The molecule has 1 aliphatic rings. The highest BCUT2D eigenvalue weighted by Gasteiger charge is 2.18. The monoisotopic (exact) mass is 337 g/mol. The van der Waals surface area contributed by atoms with Gasteiger partial charge in [0.1, 0.15) is 17.0 Å². The van der Waals surface area contributed by atoms with Gasteiger partial charge in [0.15, 0.2) is 10.8 Å². The predicted molar refractivity (Wildman–Crippen MR) is 82.9 cm³/mol. The van der Waals surface area contributed by atoms with E-state index < -0.39 is 17.4 Å². The second-order valence-electron chi connectivity index (χ2n) is 5.18. The number of aromatic amines is 1. The van der Waals surface area contributed by atoms with Gasteiger partial charge in [-0.2, -0.15) is 0 Å². The number of allylic oxidation sites excluding steroid dienone is 4. The van der Waals surface area contributed by atoms with Crippen LogP contribution in [0.1, 0.15) is 17.1 Å². The summed E-state index contributed by atoms with van der Waals surface area (Å²) in [4.78, 5) is 14.8. The molecule has 1 atom stereocenters. The topological polar surface area (TPSA) is 78.9 Å². The van der Waals surface area contributed by atoms with E-state index in [4.69, 9.17) is 0 Å². The maximum absolute atomic E-state index is 13.7. The van der Waals surface area contributed by atoms with Gasteiger partial charge in [0, 0.05) is 19.0 Å². The van der Waals surface area contributed by atoms with Gasteiger partial charge in [-0.15, -0.1) is 10.2 Å². The molecule has 2 N–H and O–H groups in total. The van der Waals surface area contributed by atoms with E-state index in [1.165, 1.54) is 12.3 Å². The highest BCUT2D eigenvalue weighted by atomic mass is 32.1. The van der Waals surface area contributed by atoms with Gasteiger partial charge >= 0.3 is 0 Å². The summed E-state index contributed by atoms with van der Waals surface area (Å²) in [7, 11) is 0. The number of hydrogen-bond donors (Lipinski definition) is 2. The second-order valence-corrected chi connectivity index (χ2v) is 6.24. The van der Waals surface area contributed by atoms with Crippen LogP contribution in [0.25, 0.3) is 10.6 Å². The van der Waals surface area contributed by atoms with Crippen LogP contribution < -0.4 is 5.43 Å². The number of aromatic hydroxyl groups is 1. The number of nitrogens with zero attached hydrogens (tertiary/aromatic N) is 2. The number of hydrogen-bond acceptors (Lipinski definition) is 5. The molecular formula is C15H13F2N3O2S. The first-order chi connectivity index (χ1) is 11.0. The van der Waals surface area contributed by atoms with Crippen LogP contribution in [0.2, 0.25) is 0 Å². The van der Waals surface area contributed by atoms with Crippen molar-refractivity contribution in [2.75, 3.05) is 0 Å². The first-order valence-electron chi connectivity index (χ1n) is 6.90. The van der Waals surface area contributed by atoms with Crippen molar-refractivity contribution in [3.8, 4) is 16.3 Å². The molecule has 23 heavy (non-hydrogen) atoms. The van der Waals surface area contributed by atoms with Crippen LogP contribution in [0.15, 0.2) is 34.5 Å². The zero-order valence-electron chi connectivity index (χ0n) is 12.1. The van der Waals surface area contributed by atoms with Gasteiger partial charge in [-0.25, -0.2) is 8.78 Å². The Balaban J connectivity index is 1.86. The SMILES string of the molecule is Cc1[nH]cc(-c2nnc(CC3=CCC(F)C=C3F)s2)c(=O)c1O. The largest absolute Gasteiger partial charge is 0.503 e. The summed E-state index contributed by atoms with van der Waals surface area (Å²) in [6.45, 7) is 1.58. The molecule has 120 valence electrons. The maximum atomic E-state index is 13.7. The zero-order chi connectivity index (χ0) is 16.6. The van der Waals surface area contributed by atoms with Crippen molar-refractivity contribution in [2.24, 2.45) is 0 Å². The molecule has 3 rings (SSSR count). The Kier molecular flexibility index (Phi) is 4.08. The van der Waals surface area contributed by atoms with E-state index in [0.717, 1.165) is 17.4 Å². The normalized spacial score (nSPS) is 17.8. The lowest BCUT2D eigenvalue weighted by atomic mass is 10.0. The fourth-order valence-electron chi connectivity index (χ4n) is 2.21. The zero-order valence-corrected chi connectivity index (χ0v) is 13.0. The maximum Gasteiger partial charge on any atom is 0.233 e. The van der Waals surface area contributed by atoms with Crippen LogP contribution in [0.5, 0.6) is 5.75 Å². The summed E-state index contributed by atoms with van der Waals surface area (Å²) < 4.78 is 26.7. The van der Waals surface area contributed by atoms with E-state index in [-0.39, 0.29) is 24.2 Å². The van der Waals surface area contributed by atoms with E-state index in [2.05, 4.69) is 15.2 Å². The average molecular weight is 337 g/mol. The Labute approximate surface area is 134 Å². The Morgan fingerprint density at radius 1 is 1.48 bits per heavy atom. The van der Waals surface area contributed by atoms with Gasteiger partial charge in [-0.3, -0.25) is 4.79 Å². The van der Waals surface area contributed by atoms with Gasteiger partial charge in [0.25, 0.3) is 0 Å². The van der Waals surface area contributed by atoms with Gasteiger partial charge in [-0.1, -0.05) is 17.4 Å². The van der Waals surface area contributed by atoms with Crippen LogP contribution in [-0.2, 0) is 6.42 Å². The number of alkyl halides is 1. The Morgan fingerprint density at radius 3 is 3.00 bits per heavy atom. The highest BCUT2D eigenvalue weighted by molar-refractivity contribution is 7.14. The highest BCUT2D eigenvalue weighted by Crippen LogP contribution is 2.28. The minimum absolute atomic E-state index is 0.139. The molecule has 8 heteroatoms. The molecule has 0 fully saturated rings. The summed E-state index contributed by atoms with van der Waals surface area (Å²) in [5, 5.41) is 18.4. The molecule has 0 radical (unpaired) electrons. The smallest absolute Gasteiger partial charge is 0.233 e. The predicted octanol–water partition coefficient (Wildman–Crippen LogP) is 2.97. The third-order valence-corrected chi connectivity index (χ3v) is 4.47. The summed E-state index contributed by atoms with van der Waals surface area (Å²) in [6, 6.07) is 0. The third-order valence-electron chi connectivity index (χ3n) is 3.51. The number of H-pyrrole nitrogens is 1. The third kappa shape index (κ3) is 3.07. The molecule has 0 spiro atoms. The minimum Gasteiger partial charge on any atom is -0.503 e. The fraction of sp³-hybridized carbons (Fsp3) is 0.267. The molecule has 2 aromatic heterocycles. The van der Waals surface area contributed by atoms with Crippen molar-refractivity contribution < 1.29 is 13.9 Å². The molecule has 5 nitrogen and oxygen atoms in total. The van der Waals surface area contributed by atoms with Crippen molar-refractivity contribution in [1.29, 1.82) is 0 Å². The minimum atomic E-state index is -1.29. The Hall–Kier alpha value is -2.35. The van der Waals surface area contributed by atoms with E-state index >= 15 is 0 Å². The molecule has 0 saturated heterocycles. The quantitative estimate of drug-likeness (QED) is 0.902. The number of rotatable bonds is 3. The van der Waals surface area contributed by atoms with Crippen molar-refractivity contribution >= 4 is 11.3 Å². The number of aryl methyl sites for hydroxylation is 1. The lowest BCUT2D eigenvalue weighted by Gasteiger charge is -2.10. The van der Waals surface area contributed by atoms with Crippen molar-refractivity contribution in [3.63, 3.8) is 0 Å². The van der Waals surface area contributed by atoms with Gasteiger partial charge in [-0.05, 0) is 18.6 Å². The second kappa shape index (κ2) is 6.04. The van der Waals surface area contributed by atoms with Gasteiger partial charge in [0.05, 0.1) is 11.3 Å². The molecule has 0 saturated carbocycles. The average Bonchev–Trinajstić information content (AvgIpc) is 2.96. The summed E-state index contributed by atoms with van der Waals surface area (Å²) in [5.41, 5.74) is 0.396. The molecule has 2 heterocycles. The van der Waals surface area contributed by atoms with Crippen molar-refractivity contribution in [1.82, 2.24) is 15.2 Å². The van der Waals surface area contributed by atoms with Gasteiger partial charge in [0.2, 0.25) is 5.43 Å². The van der Waals surface area contributed by atoms with E-state index in [1.807, 2.05) is 0 Å². The van der Waals surface area contributed by atoms with Gasteiger partial charge < -0.3 is 10.1 Å². The molecule has 0 amide bonds. The van der Waals surface area contributed by atoms with E-state index in [0.29, 0.717) is 21.3 Å². The van der Waals surface area contributed by atoms with Crippen molar-refractivity contribution in [2.45, 2.75) is 25.9 Å². The lowest BCUT2D eigenvalue weighted by molar-refractivity contribution is 0.390. The number of nitrogens with one attached hydrogen (secondary N) is 1. The molecule has 1 unspecified atom stereocenters. The van der Waals surface area contributed by atoms with E-state index in [1.54, 1.807) is 6.92 Å². The Bertz CT molecular complexity index is 870. The number of aromatic nitrogens is 3. The summed E-state index contributed by atoms with van der Waals surface area (Å²) in [5.74, 6) is -0.955. The van der Waals surface area contributed by atoms with Crippen molar-refractivity contribution in [3.05, 3.63) is 50.7 Å². The molecular weight excluding hydrogens is 324 g/mol. The molecule has 1 aliphatic carbocycles. The first-order valence-corrected chi connectivity index (χ1v) is 7.72. The standard InChI is InChI=1S/C15H13F2N3O2S/c1-7-13(21)14(22)10(6-18-7)15-20-19-12(23-15)4-8-2-3-9(16)5-11(8)17/h2,5-6,9,21H,3-4H2,1H3,(H,18,22). The fourth-order valence-corrected chi connectivity index (χ4v) is 3.09. The molecule has 0 aliphatic heterocycles. The summed E-state index contributed by atoms with van der Waals surface area (Å²) in [6.07, 6.45) is 2.93. The Morgan fingerprint density at radius 2 is 2.26 bits per heavy atom. The summed E-state index contributed by atoms with van der Waals surface area (Å²) >= 11 is 1.13. The number of halogens is 2. The van der Waals surface area contributed by atoms with E-state index in [9.17, 15) is 18.7 Å². The molecule has 2 aromatic rings. The van der Waals surface area contributed by atoms with Crippen LogP contribution in [0.4, 0.5) is 8.78 Å². The van der Waals surface area contributed by atoms with Crippen LogP contribution in [0.3, 0.4) is 0 Å². The molecule has 0 aromatic carbocycles. The molecule has 0 bridgehead atoms. The van der Waals surface area contributed by atoms with Crippen LogP contribution in [0, 0.1) is 6.92 Å². The van der Waals surface area contributed by atoms with Crippen LogP contribution >= 0.6 is 11.3 Å². The number of pyridine rings is 1. The van der Waals surface area contributed by atoms with Crippen LogP contribution in [-0.4, -0.2) is 26.5 Å².